The molecule has 0 aliphatic carbocycles. The molecule has 0 radical (unpaired) electrons. The predicted molar refractivity (Wildman–Crippen MR) is 129 cm³/mol. The number of benzene rings is 2. The van der Waals surface area contributed by atoms with Gasteiger partial charge in [-0.2, -0.15) is 0 Å². The summed E-state index contributed by atoms with van der Waals surface area (Å²) in [6.45, 7) is 7.50. The number of hydrogen-bond acceptors (Lipinski definition) is 7. The second-order valence-electron chi connectivity index (χ2n) is 8.89. The van der Waals surface area contributed by atoms with Crippen molar-refractivity contribution in [2.45, 2.75) is 30.3 Å². The van der Waals surface area contributed by atoms with Crippen LogP contribution in [0.3, 0.4) is 0 Å². The van der Waals surface area contributed by atoms with Crippen molar-refractivity contribution in [2.24, 2.45) is 0 Å². The summed E-state index contributed by atoms with van der Waals surface area (Å²) >= 11 is 0. The van der Waals surface area contributed by atoms with E-state index in [1.165, 1.54) is 12.3 Å². The lowest BCUT2D eigenvalue weighted by Crippen LogP contribution is -2.48. The number of pyridine rings is 1. The Bertz CT molecular complexity index is 1360. The molecule has 3 aromatic rings. The SMILES string of the molecule is Cc1ccc(S(=O)(=O)c2ccc(C(=O)N3CCN(Cc4ccc5c(c4)OCO5)CC3)cn2)cc1C. The topological polar surface area (TPSA) is 89.0 Å². The largest absolute Gasteiger partial charge is 0.454 e. The maximum absolute atomic E-state index is 13.0. The zero-order chi connectivity index (χ0) is 24.6. The highest BCUT2D eigenvalue weighted by atomic mass is 32.2. The number of sulfone groups is 1. The van der Waals surface area contributed by atoms with E-state index in [9.17, 15) is 13.2 Å². The van der Waals surface area contributed by atoms with E-state index in [0.29, 0.717) is 18.7 Å². The van der Waals surface area contributed by atoms with Crippen LogP contribution in [-0.2, 0) is 16.4 Å². The molecule has 2 aliphatic heterocycles. The Balaban J connectivity index is 1.20. The van der Waals surface area contributed by atoms with Crippen molar-refractivity contribution in [3.05, 3.63) is 77.0 Å². The molecule has 2 aromatic carbocycles. The Morgan fingerprint density at radius 1 is 0.914 bits per heavy atom. The summed E-state index contributed by atoms with van der Waals surface area (Å²) in [5.74, 6) is 1.40. The van der Waals surface area contributed by atoms with Gasteiger partial charge < -0.3 is 14.4 Å². The molecule has 1 amide bonds. The molecule has 0 atom stereocenters. The van der Waals surface area contributed by atoms with E-state index in [4.69, 9.17) is 9.47 Å². The number of piperazine rings is 1. The summed E-state index contributed by atoms with van der Waals surface area (Å²) < 4.78 is 36.7. The standard InChI is InChI=1S/C26H27N3O5S/c1-18-3-6-22(13-19(18)2)35(31,32)25-8-5-21(15-27-25)26(30)29-11-9-28(10-12-29)16-20-4-7-23-24(14-20)34-17-33-23/h3-8,13-15H,9-12,16-17H2,1-2H3. The molecule has 8 nitrogen and oxygen atoms in total. The zero-order valence-corrected chi connectivity index (χ0v) is 20.5. The van der Waals surface area contributed by atoms with Gasteiger partial charge in [-0.1, -0.05) is 12.1 Å². The average Bonchev–Trinajstić information content (AvgIpc) is 3.34. The number of carbonyl (C=O) groups is 1. The highest BCUT2D eigenvalue weighted by Gasteiger charge is 2.25. The van der Waals surface area contributed by atoms with Crippen LogP contribution in [0.1, 0.15) is 27.0 Å². The van der Waals surface area contributed by atoms with Crippen molar-refractivity contribution in [3.63, 3.8) is 0 Å². The van der Waals surface area contributed by atoms with Crippen molar-refractivity contribution < 1.29 is 22.7 Å². The second-order valence-corrected chi connectivity index (χ2v) is 10.8. The molecule has 0 saturated carbocycles. The Hall–Kier alpha value is -3.43. The highest BCUT2D eigenvalue weighted by molar-refractivity contribution is 7.91. The summed E-state index contributed by atoms with van der Waals surface area (Å²) in [5.41, 5.74) is 3.44. The van der Waals surface area contributed by atoms with Gasteiger partial charge >= 0.3 is 0 Å². The zero-order valence-electron chi connectivity index (χ0n) is 19.7. The summed E-state index contributed by atoms with van der Waals surface area (Å²) in [7, 11) is -3.75. The molecule has 2 aliphatic rings. The number of ether oxygens (including phenoxy) is 2. The minimum atomic E-state index is -3.75. The third kappa shape index (κ3) is 4.74. The number of hydrogen-bond donors (Lipinski definition) is 0. The summed E-state index contributed by atoms with van der Waals surface area (Å²) in [6, 6.07) is 13.9. The van der Waals surface area contributed by atoms with Crippen molar-refractivity contribution in [2.75, 3.05) is 33.0 Å². The number of rotatable bonds is 5. The minimum Gasteiger partial charge on any atom is -0.454 e. The second kappa shape index (κ2) is 9.31. The Morgan fingerprint density at radius 3 is 2.40 bits per heavy atom. The maximum Gasteiger partial charge on any atom is 0.255 e. The van der Waals surface area contributed by atoms with Crippen LogP contribution in [0, 0.1) is 13.8 Å². The Kier molecular flexibility index (Phi) is 6.21. The molecule has 1 saturated heterocycles. The number of aryl methyl sites for hydroxylation is 2. The third-order valence-corrected chi connectivity index (χ3v) is 8.22. The van der Waals surface area contributed by atoms with Crippen molar-refractivity contribution in [1.82, 2.24) is 14.8 Å². The van der Waals surface area contributed by atoms with Gasteiger partial charge in [-0.15, -0.1) is 0 Å². The van der Waals surface area contributed by atoms with E-state index >= 15 is 0 Å². The van der Waals surface area contributed by atoms with Crippen LogP contribution in [0.4, 0.5) is 0 Å². The van der Waals surface area contributed by atoms with E-state index < -0.39 is 9.84 Å². The smallest absolute Gasteiger partial charge is 0.255 e. The number of carbonyl (C=O) groups excluding carboxylic acids is 1. The lowest BCUT2D eigenvalue weighted by atomic mass is 10.1. The van der Waals surface area contributed by atoms with Gasteiger partial charge in [0.05, 0.1) is 10.5 Å². The van der Waals surface area contributed by atoms with Gasteiger partial charge in [0.2, 0.25) is 16.6 Å². The molecule has 3 heterocycles. The van der Waals surface area contributed by atoms with Gasteiger partial charge in [0.25, 0.3) is 5.91 Å². The van der Waals surface area contributed by atoms with E-state index in [1.807, 2.05) is 32.0 Å². The van der Waals surface area contributed by atoms with Crippen LogP contribution in [0.5, 0.6) is 11.5 Å². The summed E-state index contributed by atoms with van der Waals surface area (Å²) in [4.78, 5) is 21.4. The first-order valence-electron chi connectivity index (χ1n) is 11.5. The van der Waals surface area contributed by atoms with Crippen LogP contribution in [0.25, 0.3) is 0 Å². The molecular weight excluding hydrogens is 466 g/mol. The normalized spacial score (nSPS) is 15.9. The fraction of sp³-hybridized carbons (Fsp3) is 0.308. The van der Waals surface area contributed by atoms with Crippen molar-refractivity contribution in [3.8, 4) is 11.5 Å². The maximum atomic E-state index is 13.0. The average molecular weight is 494 g/mol. The quantitative estimate of drug-likeness (QED) is 0.539. The van der Waals surface area contributed by atoms with Crippen LogP contribution in [0.15, 0.2) is 64.6 Å². The van der Waals surface area contributed by atoms with Crippen LogP contribution in [-0.4, -0.2) is 62.1 Å². The molecule has 0 N–H and O–H groups in total. The molecule has 35 heavy (non-hydrogen) atoms. The van der Waals surface area contributed by atoms with Gasteiger partial charge in [-0.05, 0) is 66.9 Å². The third-order valence-electron chi connectivity index (χ3n) is 6.55. The molecule has 1 aromatic heterocycles. The molecular formula is C26H27N3O5S. The number of amides is 1. The first kappa shape index (κ1) is 23.3. The number of nitrogens with zero attached hydrogens (tertiary/aromatic N) is 3. The summed E-state index contributed by atoms with van der Waals surface area (Å²) in [6.07, 6.45) is 1.36. The first-order valence-corrected chi connectivity index (χ1v) is 13.0. The highest BCUT2D eigenvalue weighted by Crippen LogP contribution is 2.33. The molecule has 0 spiro atoms. The predicted octanol–water partition coefficient (Wildman–Crippen LogP) is 3.22. The summed E-state index contributed by atoms with van der Waals surface area (Å²) in [5, 5.41) is -0.0640. The molecule has 182 valence electrons. The molecule has 5 rings (SSSR count). The number of fused-ring (bicyclic) bond motifs is 1. The lowest BCUT2D eigenvalue weighted by Gasteiger charge is -2.34. The van der Waals surface area contributed by atoms with Gasteiger partial charge in [-0.3, -0.25) is 9.69 Å². The molecule has 0 unspecified atom stereocenters. The Labute approximate surface area is 205 Å². The monoisotopic (exact) mass is 493 g/mol. The number of aromatic nitrogens is 1. The van der Waals surface area contributed by atoms with E-state index in [-0.39, 0.29) is 22.6 Å². The van der Waals surface area contributed by atoms with Crippen LogP contribution in [0.2, 0.25) is 0 Å². The van der Waals surface area contributed by atoms with E-state index in [1.54, 1.807) is 29.2 Å². The van der Waals surface area contributed by atoms with Crippen LogP contribution >= 0.6 is 0 Å². The molecule has 0 bridgehead atoms. The van der Waals surface area contributed by atoms with Gasteiger partial charge in [0.1, 0.15) is 0 Å². The fourth-order valence-electron chi connectivity index (χ4n) is 4.26. The van der Waals surface area contributed by atoms with Crippen molar-refractivity contribution in [1.29, 1.82) is 0 Å². The minimum absolute atomic E-state index is 0.0640. The van der Waals surface area contributed by atoms with Gasteiger partial charge in [0, 0.05) is 38.9 Å². The van der Waals surface area contributed by atoms with E-state index in [2.05, 4.69) is 9.88 Å². The van der Waals surface area contributed by atoms with Gasteiger partial charge in [0.15, 0.2) is 16.5 Å². The van der Waals surface area contributed by atoms with Gasteiger partial charge in [-0.25, -0.2) is 13.4 Å². The van der Waals surface area contributed by atoms with Crippen LogP contribution < -0.4 is 9.47 Å². The molecule has 9 heteroatoms. The van der Waals surface area contributed by atoms with E-state index in [0.717, 1.165) is 47.8 Å². The first-order chi connectivity index (χ1) is 16.8. The fourth-order valence-corrected chi connectivity index (χ4v) is 5.52. The molecule has 1 fully saturated rings. The Morgan fingerprint density at radius 2 is 1.69 bits per heavy atom. The van der Waals surface area contributed by atoms with Crippen molar-refractivity contribution >= 4 is 15.7 Å². The lowest BCUT2D eigenvalue weighted by molar-refractivity contribution is 0.0628.